The molecule has 2 rings (SSSR count). The van der Waals surface area contributed by atoms with Gasteiger partial charge >= 0.3 is 11.8 Å². The first-order chi connectivity index (χ1) is 12.0. The summed E-state index contributed by atoms with van der Waals surface area (Å²) < 4.78 is 4.97. The third kappa shape index (κ3) is 4.81. The lowest BCUT2D eigenvalue weighted by Gasteiger charge is -2.06. The maximum Gasteiger partial charge on any atom is 0.329 e. The molecule has 0 aliphatic heterocycles. The Hall–Kier alpha value is -3.35. The zero-order valence-corrected chi connectivity index (χ0v) is 13.9. The molecule has 0 saturated carbocycles. The largest absolute Gasteiger partial charge is 0.504 e. The summed E-state index contributed by atoms with van der Waals surface area (Å²) in [7, 11) is 1.43. The highest BCUT2D eigenvalue weighted by Crippen LogP contribution is 2.27. The number of benzene rings is 2. The van der Waals surface area contributed by atoms with Crippen LogP contribution in [0.4, 0.5) is 5.69 Å². The van der Waals surface area contributed by atoms with Gasteiger partial charge in [-0.05, 0) is 36.2 Å². The summed E-state index contributed by atoms with van der Waals surface area (Å²) in [6.45, 7) is 2.03. The number of aromatic hydroxyl groups is 1. The van der Waals surface area contributed by atoms with E-state index in [0.717, 1.165) is 12.0 Å². The predicted molar refractivity (Wildman–Crippen MR) is 94.8 cm³/mol. The molecule has 0 radical (unpaired) electrons. The fourth-order valence-corrected chi connectivity index (χ4v) is 2.03. The van der Waals surface area contributed by atoms with E-state index in [1.54, 1.807) is 30.3 Å². The van der Waals surface area contributed by atoms with Crippen molar-refractivity contribution in [2.45, 2.75) is 13.3 Å². The monoisotopic (exact) mass is 341 g/mol. The molecule has 0 saturated heterocycles. The third-order valence-electron chi connectivity index (χ3n) is 3.45. The number of methoxy groups -OCH3 is 1. The van der Waals surface area contributed by atoms with E-state index in [1.807, 2.05) is 19.1 Å². The van der Waals surface area contributed by atoms with Gasteiger partial charge in [0.15, 0.2) is 11.5 Å². The third-order valence-corrected chi connectivity index (χ3v) is 3.45. The molecule has 0 fully saturated rings. The van der Waals surface area contributed by atoms with Crippen LogP contribution in [-0.2, 0) is 16.0 Å². The minimum absolute atomic E-state index is 0.108. The van der Waals surface area contributed by atoms with Crippen LogP contribution in [0.1, 0.15) is 18.1 Å². The van der Waals surface area contributed by atoms with Crippen LogP contribution in [0.25, 0.3) is 0 Å². The van der Waals surface area contributed by atoms with Gasteiger partial charge in [0.2, 0.25) is 0 Å². The number of carbonyl (C=O) groups is 2. The van der Waals surface area contributed by atoms with Crippen molar-refractivity contribution in [1.82, 2.24) is 5.43 Å². The number of hydrazone groups is 1. The van der Waals surface area contributed by atoms with E-state index in [1.165, 1.54) is 13.3 Å². The molecule has 25 heavy (non-hydrogen) atoms. The van der Waals surface area contributed by atoms with Crippen molar-refractivity contribution in [3.63, 3.8) is 0 Å². The SMILES string of the molecule is CCc1ccc(NC(=O)C(=O)N/N=C/c2cccc(OC)c2O)cc1. The molecule has 0 atom stereocenters. The van der Waals surface area contributed by atoms with Crippen LogP contribution in [0.15, 0.2) is 47.6 Å². The molecule has 0 bridgehead atoms. The Kier molecular flexibility index (Phi) is 6.11. The van der Waals surface area contributed by atoms with Crippen LogP contribution in [-0.4, -0.2) is 30.2 Å². The molecule has 0 heterocycles. The molecule has 2 aromatic carbocycles. The van der Waals surface area contributed by atoms with Crippen molar-refractivity contribution in [3.8, 4) is 11.5 Å². The molecule has 0 spiro atoms. The number of nitrogens with zero attached hydrogens (tertiary/aromatic N) is 1. The quantitative estimate of drug-likeness (QED) is 0.440. The molecule has 7 nitrogen and oxygen atoms in total. The average Bonchev–Trinajstić information content (AvgIpc) is 2.63. The fraction of sp³-hybridized carbons (Fsp3) is 0.167. The number of hydrogen-bond acceptors (Lipinski definition) is 5. The highest BCUT2D eigenvalue weighted by molar-refractivity contribution is 6.39. The summed E-state index contributed by atoms with van der Waals surface area (Å²) in [6.07, 6.45) is 2.11. The molecular weight excluding hydrogens is 322 g/mol. The van der Waals surface area contributed by atoms with Crippen LogP contribution >= 0.6 is 0 Å². The lowest BCUT2D eigenvalue weighted by Crippen LogP contribution is -2.32. The van der Waals surface area contributed by atoms with Crippen LogP contribution in [0, 0.1) is 0 Å². The highest BCUT2D eigenvalue weighted by Gasteiger charge is 2.13. The van der Waals surface area contributed by atoms with Crippen LogP contribution in [0.2, 0.25) is 0 Å². The van der Waals surface area contributed by atoms with Gasteiger partial charge in [0.05, 0.1) is 13.3 Å². The molecule has 2 amide bonds. The first-order valence-corrected chi connectivity index (χ1v) is 7.64. The number of para-hydroxylation sites is 1. The van der Waals surface area contributed by atoms with E-state index >= 15 is 0 Å². The minimum Gasteiger partial charge on any atom is -0.504 e. The summed E-state index contributed by atoms with van der Waals surface area (Å²) >= 11 is 0. The van der Waals surface area contributed by atoms with E-state index in [4.69, 9.17) is 4.74 Å². The van der Waals surface area contributed by atoms with E-state index in [-0.39, 0.29) is 11.5 Å². The van der Waals surface area contributed by atoms with Gasteiger partial charge in [0, 0.05) is 11.3 Å². The van der Waals surface area contributed by atoms with E-state index in [2.05, 4.69) is 15.8 Å². The van der Waals surface area contributed by atoms with E-state index in [0.29, 0.717) is 11.3 Å². The fourth-order valence-electron chi connectivity index (χ4n) is 2.03. The molecular formula is C18H19N3O4. The molecule has 0 unspecified atom stereocenters. The lowest BCUT2D eigenvalue weighted by atomic mass is 10.1. The van der Waals surface area contributed by atoms with Crippen molar-refractivity contribution < 1.29 is 19.4 Å². The Morgan fingerprint density at radius 2 is 1.88 bits per heavy atom. The number of phenolic OH excluding ortho intramolecular Hbond substituents is 1. The van der Waals surface area contributed by atoms with Gasteiger partial charge in [0.25, 0.3) is 0 Å². The number of ether oxygens (including phenoxy) is 1. The van der Waals surface area contributed by atoms with Crippen LogP contribution in [0.3, 0.4) is 0 Å². The van der Waals surface area contributed by atoms with Crippen molar-refractivity contribution in [2.24, 2.45) is 5.10 Å². The Morgan fingerprint density at radius 1 is 1.16 bits per heavy atom. The smallest absolute Gasteiger partial charge is 0.329 e. The molecule has 3 N–H and O–H groups in total. The number of phenols is 1. The standard InChI is InChI=1S/C18H19N3O4/c1-3-12-7-9-14(10-8-12)20-17(23)18(24)21-19-11-13-5-4-6-15(25-2)16(13)22/h4-11,22H,3H2,1-2H3,(H,20,23)(H,21,24)/b19-11+. The molecule has 0 aliphatic carbocycles. The molecule has 0 aliphatic rings. The summed E-state index contributed by atoms with van der Waals surface area (Å²) in [5.41, 5.74) is 4.10. The van der Waals surface area contributed by atoms with Crippen molar-refractivity contribution >= 4 is 23.7 Å². The van der Waals surface area contributed by atoms with Crippen LogP contribution < -0.4 is 15.5 Å². The number of hydrogen-bond donors (Lipinski definition) is 3. The van der Waals surface area contributed by atoms with Crippen molar-refractivity contribution in [1.29, 1.82) is 0 Å². The molecule has 2 aromatic rings. The van der Waals surface area contributed by atoms with Crippen LogP contribution in [0.5, 0.6) is 11.5 Å². The van der Waals surface area contributed by atoms with Gasteiger partial charge in [-0.25, -0.2) is 5.43 Å². The normalized spacial score (nSPS) is 10.5. The summed E-state index contributed by atoms with van der Waals surface area (Å²) in [5, 5.41) is 16.0. The second-order valence-electron chi connectivity index (χ2n) is 5.10. The van der Waals surface area contributed by atoms with Gasteiger partial charge in [-0.15, -0.1) is 0 Å². The van der Waals surface area contributed by atoms with Gasteiger partial charge in [-0.2, -0.15) is 5.10 Å². The van der Waals surface area contributed by atoms with Gasteiger partial charge < -0.3 is 15.2 Å². The van der Waals surface area contributed by atoms with Gasteiger partial charge in [-0.3, -0.25) is 9.59 Å². The average molecular weight is 341 g/mol. The zero-order chi connectivity index (χ0) is 18.2. The Morgan fingerprint density at radius 3 is 2.52 bits per heavy atom. The second-order valence-corrected chi connectivity index (χ2v) is 5.10. The maximum atomic E-state index is 11.8. The van der Waals surface area contributed by atoms with E-state index in [9.17, 15) is 14.7 Å². The Balaban J connectivity index is 1.93. The predicted octanol–water partition coefficient (Wildman–Crippen LogP) is 2.05. The number of amides is 2. The summed E-state index contributed by atoms with van der Waals surface area (Å²) in [6, 6.07) is 12.0. The number of nitrogens with one attached hydrogen (secondary N) is 2. The Bertz CT molecular complexity index is 785. The Labute approximate surface area is 145 Å². The van der Waals surface area contributed by atoms with Crippen molar-refractivity contribution in [2.75, 3.05) is 12.4 Å². The van der Waals surface area contributed by atoms with Gasteiger partial charge in [0.1, 0.15) is 0 Å². The second kappa shape index (κ2) is 8.49. The first kappa shape index (κ1) is 18.0. The number of carbonyl (C=O) groups excluding carboxylic acids is 2. The topological polar surface area (TPSA) is 100 Å². The number of anilines is 1. The van der Waals surface area contributed by atoms with E-state index < -0.39 is 11.8 Å². The number of rotatable bonds is 5. The van der Waals surface area contributed by atoms with Crippen molar-refractivity contribution in [3.05, 3.63) is 53.6 Å². The number of aryl methyl sites for hydroxylation is 1. The lowest BCUT2D eigenvalue weighted by molar-refractivity contribution is -0.136. The maximum absolute atomic E-state index is 11.8. The summed E-state index contributed by atoms with van der Waals surface area (Å²) in [5.74, 6) is -1.58. The molecule has 130 valence electrons. The minimum atomic E-state index is -0.918. The first-order valence-electron chi connectivity index (χ1n) is 7.64. The van der Waals surface area contributed by atoms with Gasteiger partial charge in [-0.1, -0.05) is 25.1 Å². The highest BCUT2D eigenvalue weighted by atomic mass is 16.5. The summed E-state index contributed by atoms with van der Waals surface area (Å²) in [4.78, 5) is 23.6. The molecule has 7 heteroatoms. The molecule has 0 aromatic heterocycles. The zero-order valence-electron chi connectivity index (χ0n) is 13.9.